The quantitative estimate of drug-likeness (QED) is 0.876. The zero-order valence-corrected chi connectivity index (χ0v) is 11.8. The molecule has 1 fully saturated rings. The van der Waals surface area contributed by atoms with E-state index in [1.165, 1.54) is 25.5 Å². The van der Waals surface area contributed by atoms with Crippen molar-refractivity contribution in [2.75, 3.05) is 5.32 Å². The summed E-state index contributed by atoms with van der Waals surface area (Å²) < 4.78 is 13.9. The molecule has 110 valence electrons. The van der Waals surface area contributed by atoms with Crippen LogP contribution in [-0.4, -0.2) is 15.9 Å². The third-order valence-corrected chi connectivity index (χ3v) is 4.08. The van der Waals surface area contributed by atoms with Crippen molar-refractivity contribution in [1.29, 1.82) is 0 Å². The van der Waals surface area contributed by atoms with Crippen LogP contribution < -0.4 is 5.32 Å². The molecule has 2 aromatic rings. The molecular weight excluding hydrogens is 269 g/mol. The van der Waals surface area contributed by atoms with E-state index in [1.807, 2.05) is 0 Å². The van der Waals surface area contributed by atoms with Crippen LogP contribution in [0.15, 0.2) is 24.5 Å². The van der Waals surface area contributed by atoms with E-state index in [1.54, 1.807) is 18.3 Å². The van der Waals surface area contributed by atoms with Crippen molar-refractivity contribution in [2.45, 2.75) is 38.5 Å². The number of nitrogens with one attached hydrogen (secondary N) is 1. The van der Waals surface area contributed by atoms with E-state index in [9.17, 15) is 9.18 Å². The zero-order chi connectivity index (χ0) is 14.7. The van der Waals surface area contributed by atoms with Gasteiger partial charge >= 0.3 is 0 Å². The summed E-state index contributed by atoms with van der Waals surface area (Å²) >= 11 is 0. The highest BCUT2D eigenvalue weighted by atomic mass is 19.1. The predicted molar refractivity (Wildman–Crippen MR) is 79.3 cm³/mol. The smallest absolute Gasteiger partial charge is 0.237 e. The van der Waals surface area contributed by atoms with Gasteiger partial charge < -0.3 is 5.32 Å². The van der Waals surface area contributed by atoms with Crippen molar-refractivity contribution in [3.63, 3.8) is 0 Å². The van der Waals surface area contributed by atoms with Gasteiger partial charge in [0.05, 0.1) is 11.7 Å². The Labute approximate surface area is 122 Å². The summed E-state index contributed by atoms with van der Waals surface area (Å²) in [5.74, 6) is -0.380. The molecule has 4 nitrogen and oxygen atoms in total. The number of carbonyl (C=O) groups excluding carboxylic acids is 1. The van der Waals surface area contributed by atoms with E-state index in [2.05, 4.69) is 15.3 Å². The fraction of sp³-hybridized carbons (Fsp3) is 0.438. The van der Waals surface area contributed by atoms with E-state index in [0.29, 0.717) is 23.2 Å². The van der Waals surface area contributed by atoms with Gasteiger partial charge in [-0.1, -0.05) is 19.3 Å². The fourth-order valence-electron chi connectivity index (χ4n) is 2.99. The van der Waals surface area contributed by atoms with Gasteiger partial charge in [0, 0.05) is 18.0 Å². The summed E-state index contributed by atoms with van der Waals surface area (Å²) in [6.45, 7) is 0. The molecule has 0 aliphatic heterocycles. The van der Waals surface area contributed by atoms with Gasteiger partial charge in [-0.3, -0.25) is 9.78 Å². The molecule has 5 heteroatoms. The lowest BCUT2D eigenvalue weighted by atomic mass is 9.87. The lowest BCUT2D eigenvalue weighted by Crippen LogP contribution is -2.19. The summed E-state index contributed by atoms with van der Waals surface area (Å²) in [6.07, 6.45) is 9.26. The van der Waals surface area contributed by atoms with Crippen molar-refractivity contribution in [1.82, 2.24) is 9.97 Å². The number of fused-ring (bicyclic) bond motifs is 1. The average Bonchev–Trinajstić information content (AvgIpc) is 2.51. The predicted octanol–water partition coefficient (Wildman–Crippen LogP) is 3.68. The molecule has 0 atom stereocenters. The highest BCUT2D eigenvalue weighted by Crippen LogP contribution is 2.28. The maximum absolute atomic E-state index is 13.9. The van der Waals surface area contributed by atoms with Crippen LogP contribution in [0.25, 0.3) is 10.9 Å². The monoisotopic (exact) mass is 287 g/mol. The van der Waals surface area contributed by atoms with Crippen LogP contribution in [0.1, 0.15) is 38.5 Å². The Kier molecular flexibility index (Phi) is 4.08. The number of pyridine rings is 2. The molecule has 0 aromatic carbocycles. The molecule has 21 heavy (non-hydrogen) atoms. The molecule has 0 radical (unpaired) electrons. The number of anilines is 1. The molecule has 0 spiro atoms. The fourth-order valence-corrected chi connectivity index (χ4v) is 2.99. The number of nitrogens with zero attached hydrogens (tertiary/aromatic N) is 2. The van der Waals surface area contributed by atoms with Crippen LogP contribution in [0.2, 0.25) is 0 Å². The number of amides is 1. The molecule has 2 heterocycles. The third-order valence-electron chi connectivity index (χ3n) is 4.08. The van der Waals surface area contributed by atoms with Gasteiger partial charge in [-0.05, 0) is 30.9 Å². The van der Waals surface area contributed by atoms with Crippen LogP contribution in [0.5, 0.6) is 0 Å². The van der Waals surface area contributed by atoms with Gasteiger partial charge in [0.2, 0.25) is 11.9 Å². The molecule has 1 saturated carbocycles. The molecule has 1 aliphatic carbocycles. The molecule has 0 saturated heterocycles. The molecule has 3 rings (SSSR count). The summed E-state index contributed by atoms with van der Waals surface area (Å²) in [6, 6.07) is 3.46. The normalized spacial score (nSPS) is 16.0. The lowest BCUT2D eigenvalue weighted by molar-refractivity contribution is -0.117. The van der Waals surface area contributed by atoms with Crippen molar-refractivity contribution in [3.8, 4) is 0 Å². The standard InChI is InChI=1S/C16H18FN3O/c17-16-15(12-7-4-8-18-13(12)10-19-16)20-14(21)9-11-5-2-1-3-6-11/h4,7-8,10-11H,1-3,5-6,9H2,(H,20,21). The molecule has 0 unspecified atom stereocenters. The molecule has 1 aliphatic rings. The van der Waals surface area contributed by atoms with Crippen molar-refractivity contribution in [2.24, 2.45) is 5.92 Å². The number of carbonyl (C=O) groups is 1. The second kappa shape index (κ2) is 6.16. The largest absolute Gasteiger partial charge is 0.322 e. The van der Waals surface area contributed by atoms with Crippen LogP contribution in [0, 0.1) is 11.9 Å². The van der Waals surface area contributed by atoms with Crippen LogP contribution in [0.3, 0.4) is 0 Å². The maximum atomic E-state index is 13.9. The Morgan fingerprint density at radius 1 is 1.29 bits per heavy atom. The number of aromatic nitrogens is 2. The van der Waals surface area contributed by atoms with Crippen LogP contribution >= 0.6 is 0 Å². The maximum Gasteiger partial charge on any atom is 0.237 e. The molecular formula is C16H18FN3O. The topological polar surface area (TPSA) is 54.9 Å². The van der Waals surface area contributed by atoms with E-state index in [4.69, 9.17) is 0 Å². The summed E-state index contributed by atoms with van der Waals surface area (Å²) in [5.41, 5.74) is 0.716. The minimum Gasteiger partial charge on any atom is -0.322 e. The first kappa shape index (κ1) is 13.9. The number of rotatable bonds is 3. The Morgan fingerprint density at radius 3 is 2.90 bits per heavy atom. The highest BCUT2D eigenvalue weighted by Gasteiger charge is 2.19. The third kappa shape index (κ3) is 3.17. The molecule has 0 bridgehead atoms. The summed E-state index contributed by atoms with van der Waals surface area (Å²) in [4.78, 5) is 19.9. The van der Waals surface area contributed by atoms with Crippen LogP contribution in [-0.2, 0) is 4.79 Å². The number of hydrogen-bond acceptors (Lipinski definition) is 3. The molecule has 1 N–H and O–H groups in total. The van der Waals surface area contributed by atoms with Crippen molar-refractivity contribution < 1.29 is 9.18 Å². The molecule has 1 amide bonds. The first-order chi connectivity index (χ1) is 10.2. The van der Waals surface area contributed by atoms with Gasteiger partial charge in [-0.15, -0.1) is 0 Å². The molecule has 2 aromatic heterocycles. The first-order valence-corrected chi connectivity index (χ1v) is 7.43. The first-order valence-electron chi connectivity index (χ1n) is 7.43. The summed E-state index contributed by atoms with van der Waals surface area (Å²) in [7, 11) is 0. The minimum atomic E-state index is -0.660. The van der Waals surface area contributed by atoms with E-state index in [0.717, 1.165) is 12.8 Å². The summed E-state index contributed by atoms with van der Waals surface area (Å²) in [5, 5.41) is 3.27. The number of halogens is 1. The van der Waals surface area contributed by atoms with E-state index in [-0.39, 0.29) is 11.6 Å². The average molecular weight is 287 g/mol. The Hall–Kier alpha value is -2.04. The number of hydrogen-bond donors (Lipinski definition) is 1. The van der Waals surface area contributed by atoms with Gasteiger partial charge in [0.1, 0.15) is 5.69 Å². The second-order valence-corrected chi connectivity index (χ2v) is 5.62. The van der Waals surface area contributed by atoms with Crippen LogP contribution in [0.4, 0.5) is 10.1 Å². The van der Waals surface area contributed by atoms with Crippen molar-refractivity contribution in [3.05, 3.63) is 30.5 Å². The Balaban J connectivity index is 1.77. The Bertz CT molecular complexity index is 653. The van der Waals surface area contributed by atoms with Crippen molar-refractivity contribution >= 4 is 22.5 Å². The zero-order valence-electron chi connectivity index (χ0n) is 11.8. The van der Waals surface area contributed by atoms with Gasteiger partial charge in [-0.2, -0.15) is 4.39 Å². The minimum absolute atomic E-state index is 0.140. The lowest BCUT2D eigenvalue weighted by Gasteiger charge is -2.21. The SMILES string of the molecule is O=C(CC1CCCCC1)Nc1c(F)ncc2ncccc12. The highest BCUT2D eigenvalue weighted by molar-refractivity contribution is 6.00. The van der Waals surface area contributed by atoms with E-state index >= 15 is 0 Å². The Morgan fingerprint density at radius 2 is 2.10 bits per heavy atom. The van der Waals surface area contributed by atoms with Gasteiger partial charge in [-0.25, -0.2) is 4.98 Å². The van der Waals surface area contributed by atoms with E-state index < -0.39 is 5.95 Å². The van der Waals surface area contributed by atoms with Gasteiger partial charge in [0.15, 0.2) is 0 Å². The van der Waals surface area contributed by atoms with Gasteiger partial charge in [0.25, 0.3) is 0 Å². The second-order valence-electron chi connectivity index (χ2n) is 5.62.